The molecule has 31 heavy (non-hydrogen) atoms. The van der Waals surface area contributed by atoms with Crippen LogP contribution in [0.4, 0.5) is 4.79 Å². The van der Waals surface area contributed by atoms with E-state index in [0.29, 0.717) is 0 Å². The molecule has 2 aromatic carbocycles. The molecule has 1 atom stereocenters. The molecule has 164 valence electrons. The molecule has 0 fully saturated rings. The number of benzene rings is 2. The third-order valence-corrected chi connectivity index (χ3v) is 5.16. The highest BCUT2D eigenvalue weighted by Crippen LogP contribution is 2.44. The van der Waals surface area contributed by atoms with Gasteiger partial charge in [-0.15, -0.1) is 0 Å². The minimum absolute atomic E-state index is 0.0793. The van der Waals surface area contributed by atoms with Crippen LogP contribution in [0.25, 0.3) is 11.1 Å². The summed E-state index contributed by atoms with van der Waals surface area (Å²) < 4.78 is 10.8. The molecule has 0 aromatic heterocycles. The molecule has 0 aliphatic heterocycles. The van der Waals surface area contributed by atoms with Gasteiger partial charge in [-0.3, -0.25) is 9.59 Å². The smallest absolute Gasteiger partial charge is 0.407 e. The molecule has 1 unspecified atom stereocenters. The van der Waals surface area contributed by atoms with Crippen LogP contribution in [0.1, 0.15) is 57.6 Å². The van der Waals surface area contributed by atoms with E-state index in [9.17, 15) is 14.4 Å². The Morgan fingerprint density at radius 3 is 2.03 bits per heavy atom. The maximum Gasteiger partial charge on any atom is 0.407 e. The Labute approximate surface area is 182 Å². The first-order valence-corrected chi connectivity index (χ1v) is 10.6. The number of hydrogen-bond acceptors (Lipinski definition) is 5. The summed E-state index contributed by atoms with van der Waals surface area (Å²) in [7, 11) is 0. The van der Waals surface area contributed by atoms with Gasteiger partial charge >= 0.3 is 12.1 Å². The van der Waals surface area contributed by atoms with Crippen LogP contribution in [-0.2, 0) is 19.1 Å². The molecule has 6 nitrogen and oxygen atoms in total. The van der Waals surface area contributed by atoms with Crippen molar-refractivity contribution in [1.29, 1.82) is 0 Å². The van der Waals surface area contributed by atoms with E-state index in [2.05, 4.69) is 17.4 Å². The number of hydrogen-bond donors (Lipinski definition) is 1. The van der Waals surface area contributed by atoms with Gasteiger partial charge in [-0.2, -0.15) is 0 Å². The minimum atomic E-state index is -0.976. The van der Waals surface area contributed by atoms with Gasteiger partial charge in [0.15, 0.2) is 5.78 Å². The quantitative estimate of drug-likeness (QED) is 0.658. The van der Waals surface area contributed by atoms with E-state index in [-0.39, 0.29) is 31.1 Å². The fraction of sp³-hybridized carbons (Fsp3) is 0.400. The molecule has 0 saturated heterocycles. The van der Waals surface area contributed by atoms with Gasteiger partial charge < -0.3 is 14.8 Å². The summed E-state index contributed by atoms with van der Waals surface area (Å²) in [6.07, 6.45) is -0.761. The number of rotatable bonds is 7. The summed E-state index contributed by atoms with van der Waals surface area (Å²) in [5.41, 5.74) is 3.81. The molecule has 1 N–H and O–H groups in total. The van der Waals surface area contributed by atoms with Crippen LogP contribution in [0, 0.1) is 0 Å². The first-order valence-electron chi connectivity index (χ1n) is 10.6. The van der Waals surface area contributed by atoms with Crippen molar-refractivity contribution in [2.75, 3.05) is 6.61 Å². The van der Waals surface area contributed by atoms with Gasteiger partial charge in [0.1, 0.15) is 18.2 Å². The average Bonchev–Trinajstić information content (AvgIpc) is 3.03. The Kier molecular flexibility index (Phi) is 6.78. The molecule has 0 saturated carbocycles. The minimum Gasteiger partial charge on any atom is -0.460 e. The second-order valence-corrected chi connectivity index (χ2v) is 8.63. The zero-order chi connectivity index (χ0) is 22.6. The van der Waals surface area contributed by atoms with Gasteiger partial charge in [-0.1, -0.05) is 55.5 Å². The number of amides is 1. The molecule has 6 heteroatoms. The van der Waals surface area contributed by atoms with Crippen molar-refractivity contribution in [2.24, 2.45) is 0 Å². The lowest BCUT2D eigenvalue weighted by atomic mass is 9.98. The molecule has 3 rings (SSSR count). The van der Waals surface area contributed by atoms with Crippen molar-refractivity contribution in [1.82, 2.24) is 5.32 Å². The number of fused-ring (bicyclic) bond motifs is 3. The molecule has 0 radical (unpaired) electrons. The van der Waals surface area contributed by atoms with Gasteiger partial charge in [0.25, 0.3) is 0 Å². The van der Waals surface area contributed by atoms with Gasteiger partial charge in [0.2, 0.25) is 0 Å². The Bertz CT molecular complexity index is 930. The summed E-state index contributed by atoms with van der Waals surface area (Å²) in [5.74, 6) is -0.873. The van der Waals surface area contributed by atoms with E-state index in [4.69, 9.17) is 9.47 Å². The monoisotopic (exact) mass is 423 g/mol. The molecule has 1 aliphatic carbocycles. The van der Waals surface area contributed by atoms with Crippen LogP contribution >= 0.6 is 0 Å². The number of ketones is 1. The Hall–Kier alpha value is -3.15. The molecule has 0 heterocycles. The standard InChI is InChI=1S/C25H29NO5/c1-5-22(27)21(14-23(28)31-25(2,3)4)26-24(29)30-15-20-18-12-8-6-10-16(18)17-11-7-9-13-19(17)20/h6-13,20-21H,5,14-15H2,1-4H3,(H,26,29). The molecule has 1 amide bonds. The molecular formula is C25H29NO5. The summed E-state index contributed by atoms with van der Waals surface area (Å²) in [5, 5.41) is 2.54. The third kappa shape index (κ3) is 5.51. The summed E-state index contributed by atoms with van der Waals surface area (Å²) >= 11 is 0. The highest BCUT2D eigenvalue weighted by Gasteiger charge is 2.30. The lowest BCUT2D eigenvalue weighted by molar-refractivity contribution is -0.156. The number of carbonyl (C=O) groups is 3. The highest BCUT2D eigenvalue weighted by atomic mass is 16.6. The number of Topliss-reactive ketones (excluding diaryl/α,β-unsaturated/α-hetero) is 1. The second kappa shape index (κ2) is 9.33. The second-order valence-electron chi connectivity index (χ2n) is 8.63. The summed E-state index contributed by atoms with van der Waals surface area (Å²) in [4.78, 5) is 36.9. The van der Waals surface area contributed by atoms with Crippen molar-refractivity contribution in [3.63, 3.8) is 0 Å². The van der Waals surface area contributed by atoms with Crippen molar-refractivity contribution >= 4 is 17.8 Å². The molecule has 0 bridgehead atoms. The van der Waals surface area contributed by atoms with E-state index in [1.165, 1.54) is 0 Å². The SMILES string of the molecule is CCC(=O)C(CC(=O)OC(C)(C)C)NC(=O)OCC1c2ccccc2-c2ccccc21. The van der Waals surface area contributed by atoms with Crippen molar-refractivity contribution in [3.05, 3.63) is 59.7 Å². The third-order valence-electron chi connectivity index (χ3n) is 5.16. The van der Waals surface area contributed by atoms with E-state index in [1.807, 2.05) is 36.4 Å². The zero-order valence-electron chi connectivity index (χ0n) is 18.4. The first kappa shape index (κ1) is 22.5. The lowest BCUT2D eigenvalue weighted by Gasteiger charge is -2.22. The van der Waals surface area contributed by atoms with Crippen LogP contribution in [0.15, 0.2) is 48.5 Å². The normalized spacial score (nSPS) is 13.7. The molecular weight excluding hydrogens is 394 g/mol. The predicted octanol–water partition coefficient (Wildman–Crippen LogP) is 4.60. The molecule has 2 aromatic rings. The Balaban J connectivity index is 1.65. The average molecular weight is 424 g/mol. The highest BCUT2D eigenvalue weighted by molar-refractivity contribution is 5.91. The van der Waals surface area contributed by atoms with Crippen LogP contribution in [-0.4, -0.2) is 36.1 Å². The van der Waals surface area contributed by atoms with Crippen LogP contribution in [0.5, 0.6) is 0 Å². The number of nitrogens with one attached hydrogen (secondary N) is 1. The fourth-order valence-corrected chi connectivity index (χ4v) is 3.82. The topological polar surface area (TPSA) is 81.7 Å². The van der Waals surface area contributed by atoms with Gasteiger partial charge in [0, 0.05) is 12.3 Å². The number of alkyl carbamates (subject to hydrolysis) is 1. The fourth-order valence-electron chi connectivity index (χ4n) is 3.82. The maximum atomic E-state index is 12.5. The first-order chi connectivity index (χ1) is 14.7. The molecule has 1 aliphatic rings. The number of ether oxygens (including phenoxy) is 2. The van der Waals surface area contributed by atoms with Gasteiger partial charge in [0.05, 0.1) is 6.42 Å². The van der Waals surface area contributed by atoms with Crippen molar-refractivity contribution < 1.29 is 23.9 Å². The zero-order valence-corrected chi connectivity index (χ0v) is 18.4. The van der Waals surface area contributed by atoms with Gasteiger partial charge in [-0.25, -0.2) is 4.79 Å². The van der Waals surface area contributed by atoms with Crippen molar-refractivity contribution in [3.8, 4) is 11.1 Å². The number of esters is 1. The van der Waals surface area contributed by atoms with Crippen LogP contribution in [0.2, 0.25) is 0 Å². The lowest BCUT2D eigenvalue weighted by Crippen LogP contribution is -2.43. The Morgan fingerprint density at radius 1 is 0.968 bits per heavy atom. The summed E-state index contributed by atoms with van der Waals surface area (Å²) in [6, 6.07) is 15.1. The van der Waals surface area contributed by atoms with Crippen LogP contribution in [0.3, 0.4) is 0 Å². The van der Waals surface area contributed by atoms with E-state index in [0.717, 1.165) is 22.3 Å². The maximum absolute atomic E-state index is 12.5. The van der Waals surface area contributed by atoms with E-state index < -0.39 is 23.7 Å². The van der Waals surface area contributed by atoms with Gasteiger partial charge in [-0.05, 0) is 43.0 Å². The number of carbonyl (C=O) groups excluding carboxylic acids is 3. The van der Waals surface area contributed by atoms with Crippen LogP contribution < -0.4 is 5.32 Å². The van der Waals surface area contributed by atoms with E-state index in [1.54, 1.807) is 27.7 Å². The molecule has 0 spiro atoms. The van der Waals surface area contributed by atoms with Crippen molar-refractivity contribution in [2.45, 2.75) is 58.1 Å². The largest absolute Gasteiger partial charge is 0.460 e. The predicted molar refractivity (Wildman–Crippen MR) is 118 cm³/mol. The summed E-state index contributed by atoms with van der Waals surface area (Å²) in [6.45, 7) is 7.07. The van der Waals surface area contributed by atoms with E-state index >= 15 is 0 Å². The Morgan fingerprint density at radius 2 is 1.52 bits per heavy atom.